The lowest BCUT2D eigenvalue weighted by atomic mass is 10.0. The third-order valence-electron chi connectivity index (χ3n) is 4.13. The Bertz CT molecular complexity index is 1090. The summed E-state index contributed by atoms with van der Waals surface area (Å²) < 4.78 is 13.0. The van der Waals surface area contributed by atoms with Crippen LogP contribution in [0.3, 0.4) is 0 Å². The second-order valence-electron chi connectivity index (χ2n) is 5.89. The Hall–Kier alpha value is -3.54. The molecule has 1 amide bonds. The van der Waals surface area contributed by atoms with Crippen molar-refractivity contribution >= 4 is 22.6 Å². The molecule has 0 saturated heterocycles. The zero-order valence-electron chi connectivity index (χ0n) is 14.4. The first-order valence-electron chi connectivity index (χ1n) is 8.11. The minimum Gasteiger partial charge on any atom is -0.496 e. The summed E-state index contributed by atoms with van der Waals surface area (Å²) in [4.78, 5) is 12.5. The van der Waals surface area contributed by atoms with E-state index in [0.717, 1.165) is 22.3 Å². The van der Waals surface area contributed by atoms with Crippen molar-refractivity contribution < 1.29 is 13.9 Å². The number of nitrogens with one attached hydrogen (secondary N) is 1. The number of carbonyl (C=O) groups excluding carboxylic acids is 1. The van der Waals surface area contributed by atoms with Gasteiger partial charge in [0.15, 0.2) is 5.76 Å². The summed E-state index contributed by atoms with van der Waals surface area (Å²) in [5, 5.41) is 7.67. The van der Waals surface area contributed by atoms with Crippen molar-refractivity contribution in [2.24, 2.45) is 7.05 Å². The van der Waals surface area contributed by atoms with Gasteiger partial charge in [-0.1, -0.05) is 36.4 Å². The van der Waals surface area contributed by atoms with E-state index in [2.05, 4.69) is 10.4 Å². The van der Waals surface area contributed by atoms with Crippen LogP contribution >= 0.6 is 0 Å². The quantitative estimate of drug-likeness (QED) is 0.603. The fourth-order valence-corrected chi connectivity index (χ4v) is 2.93. The summed E-state index contributed by atoms with van der Waals surface area (Å²) in [5.41, 5.74) is 3.05. The zero-order chi connectivity index (χ0) is 18.1. The Labute approximate surface area is 150 Å². The van der Waals surface area contributed by atoms with Gasteiger partial charge in [-0.25, -0.2) is 0 Å². The number of para-hydroxylation sites is 2. The molecular formula is C20H17N3O3. The molecule has 2 aromatic heterocycles. The molecule has 0 aliphatic carbocycles. The van der Waals surface area contributed by atoms with Crippen LogP contribution in [0.5, 0.6) is 5.75 Å². The summed E-state index contributed by atoms with van der Waals surface area (Å²) in [6.45, 7) is 0. The standard InChI is InChI=1S/C20H17N3O3/c1-23-12-14(11-21-23)22-20(24)18-10-13-6-5-8-16(19(13)26-18)15-7-3-4-9-17(15)25-2/h3-12H,1-2H3,(H,22,24). The van der Waals surface area contributed by atoms with E-state index in [-0.39, 0.29) is 11.7 Å². The van der Waals surface area contributed by atoms with E-state index >= 15 is 0 Å². The first-order chi connectivity index (χ1) is 12.7. The van der Waals surface area contributed by atoms with E-state index in [9.17, 15) is 4.79 Å². The maximum atomic E-state index is 12.5. The van der Waals surface area contributed by atoms with Gasteiger partial charge in [0, 0.05) is 29.8 Å². The monoisotopic (exact) mass is 347 g/mol. The highest BCUT2D eigenvalue weighted by atomic mass is 16.5. The highest BCUT2D eigenvalue weighted by Gasteiger charge is 2.17. The Balaban J connectivity index is 1.75. The van der Waals surface area contributed by atoms with Gasteiger partial charge in [0.2, 0.25) is 0 Å². The van der Waals surface area contributed by atoms with Crippen molar-refractivity contribution in [1.29, 1.82) is 0 Å². The number of benzene rings is 2. The van der Waals surface area contributed by atoms with E-state index in [0.29, 0.717) is 11.3 Å². The average Bonchev–Trinajstić information content (AvgIpc) is 3.27. The topological polar surface area (TPSA) is 69.3 Å². The molecular weight excluding hydrogens is 330 g/mol. The number of nitrogens with zero attached hydrogens (tertiary/aromatic N) is 2. The van der Waals surface area contributed by atoms with Crippen LogP contribution in [-0.2, 0) is 7.05 Å². The molecule has 0 fully saturated rings. The van der Waals surface area contributed by atoms with E-state index in [4.69, 9.17) is 9.15 Å². The van der Waals surface area contributed by atoms with Crippen LogP contribution in [0, 0.1) is 0 Å². The Kier molecular flexibility index (Phi) is 3.93. The number of aromatic nitrogens is 2. The maximum absolute atomic E-state index is 12.5. The van der Waals surface area contributed by atoms with Crippen LogP contribution in [-0.4, -0.2) is 22.8 Å². The third-order valence-corrected chi connectivity index (χ3v) is 4.13. The summed E-state index contributed by atoms with van der Waals surface area (Å²) in [6.07, 6.45) is 3.31. The predicted octanol–water partition coefficient (Wildman–Crippen LogP) is 4.09. The molecule has 0 unspecified atom stereocenters. The van der Waals surface area contributed by atoms with Crippen molar-refractivity contribution in [3.05, 3.63) is 66.7 Å². The van der Waals surface area contributed by atoms with Crippen molar-refractivity contribution in [2.75, 3.05) is 12.4 Å². The Morgan fingerprint density at radius 1 is 1.15 bits per heavy atom. The van der Waals surface area contributed by atoms with Gasteiger partial charge in [-0.3, -0.25) is 9.48 Å². The fourth-order valence-electron chi connectivity index (χ4n) is 2.93. The molecule has 0 aliphatic rings. The second-order valence-corrected chi connectivity index (χ2v) is 5.89. The van der Waals surface area contributed by atoms with Crippen molar-refractivity contribution in [1.82, 2.24) is 9.78 Å². The number of rotatable bonds is 4. The number of hydrogen-bond acceptors (Lipinski definition) is 4. The molecule has 0 bridgehead atoms. The number of amides is 1. The maximum Gasteiger partial charge on any atom is 0.291 e. The van der Waals surface area contributed by atoms with Gasteiger partial charge < -0.3 is 14.5 Å². The van der Waals surface area contributed by atoms with Gasteiger partial charge in [0.05, 0.1) is 19.0 Å². The number of ether oxygens (including phenoxy) is 1. The molecule has 0 radical (unpaired) electrons. The molecule has 26 heavy (non-hydrogen) atoms. The normalized spacial score (nSPS) is 10.8. The molecule has 6 nitrogen and oxygen atoms in total. The molecule has 6 heteroatoms. The van der Waals surface area contributed by atoms with E-state index in [1.54, 1.807) is 37.3 Å². The van der Waals surface area contributed by atoms with Crippen LogP contribution < -0.4 is 10.1 Å². The van der Waals surface area contributed by atoms with Crippen molar-refractivity contribution in [2.45, 2.75) is 0 Å². The highest BCUT2D eigenvalue weighted by Crippen LogP contribution is 2.36. The lowest BCUT2D eigenvalue weighted by molar-refractivity contribution is 0.0999. The summed E-state index contributed by atoms with van der Waals surface area (Å²) >= 11 is 0. The predicted molar refractivity (Wildman–Crippen MR) is 99.4 cm³/mol. The van der Waals surface area contributed by atoms with Crippen LogP contribution in [0.4, 0.5) is 5.69 Å². The average molecular weight is 347 g/mol. The Morgan fingerprint density at radius 3 is 2.73 bits per heavy atom. The number of hydrogen-bond donors (Lipinski definition) is 1. The number of aryl methyl sites for hydroxylation is 1. The number of anilines is 1. The summed E-state index contributed by atoms with van der Waals surface area (Å²) in [6, 6.07) is 15.2. The smallest absolute Gasteiger partial charge is 0.291 e. The minimum absolute atomic E-state index is 0.242. The molecule has 0 spiro atoms. The first kappa shape index (κ1) is 16.0. The molecule has 2 heterocycles. The fraction of sp³-hybridized carbons (Fsp3) is 0.100. The van der Waals surface area contributed by atoms with Crippen molar-refractivity contribution in [3.8, 4) is 16.9 Å². The molecule has 0 atom stereocenters. The minimum atomic E-state index is -0.319. The molecule has 1 N–H and O–H groups in total. The van der Waals surface area contributed by atoms with Crippen LogP contribution in [0.1, 0.15) is 10.6 Å². The second kappa shape index (κ2) is 6.40. The molecule has 130 valence electrons. The first-order valence-corrected chi connectivity index (χ1v) is 8.11. The SMILES string of the molecule is COc1ccccc1-c1cccc2cc(C(=O)Nc3cnn(C)c3)oc12. The van der Waals surface area contributed by atoms with Gasteiger partial charge in [-0.2, -0.15) is 5.10 Å². The van der Waals surface area contributed by atoms with Gasteiger partial charge >= 0.3 is 0 Å². The lowest BCUT2D eigenvalue weighted by Crippen LogP contribution is -2.10. The van der Waals surface area contributed by atoms with E-state index < -0.39 is 0 Å². The molecule has 4 aromatic rings. The van der Waals surface area contributed by atoms with E-state index in [1.165, 1.54) is 0 Å². The highest BCUT2D eigenvalue weighted by molar-refractivity contribution is 6.06. The molecule has 0 saturated carbocycles. The van der Waals surface area contributed by atoms with Gasteiger partial charge in [0.25, 0.3) is 5.91 Å². The van der Waals surface area contributed by atoms with Gasteiger partial charge in [0.1, 0.15) is 11.3 Å². The number of fused-ring (bicyclic) bond motifs is 1. The van der Waals surface area contributed by atoms with Crippen LogP contribution in [0.25, 0.3) is 22.1 Å². The molecule has 2 aromatic carbocycles. The number of carbonyl (C=O) groups is 1. The van der Waals surface area contributed by atoms with E-state index in [1.807, 2.05) is 42.5 Å². The summed E-state index contributed by atoms with van der Waals surface area (Å²) in [7, 11) is 3.42. The molecule has 0 aliphatic heterocycles. The largest absolute Gasteiger partial charge is 0.496 e. The number of furan rings is 1. The third kappa shape index (κ3) is 2.82. The lowest BCUT2D eigenvalue weighted by Gasteiger charge is -2.08. The van der Waals surface area contributed by atoms with Crippen LogP contribution in [0.2, 0.25) is 0 Å². The summed E-state index contributed by atoms with van der Waals surface area (Å²) in [5.74, 6) is 0.670. The number of methoxy groups -OCH3 is 1. The van der Waals surface area contributed by atoms with Crippen molar-refractivity contribution in [3.63, 3.8) is 0 Å². The Morgan fingerprint density at radius 2 is 1.96 bits per heavy atom. The van der Waals surface area contributed by atoms with Gasteiger partial charge in [-0.15, -0.1) is 0 Å². The van der Waals surface area contributed by atoms with Crippen LogP contribution in [0.15, 0.2) is 65.3 Å². The molecule has 4 rings (SSSR count). The van der Waals surface area contributed by atoms with Gasteiger partial charge in [-0.05, 0) is 12.1 Å². The zero-order valence-corrected chi connectivity index (χ0v) is 14.4.